The molecule has 2 aromatic rings. The molecule has 2 aromatic carbocycles. The van der Waals surface area contributed by atoms with Crippen LogP contribution in [-0.4, -0.2) is 29.9 Å². The molecule has 4 rings (SSSR count). The summed E-state index contributed by atoms with van der Waals surface area (Å²) in [6.45, 7) is 2.16. The van der Waals surface area contributed by atoms with E-state index >= 15 is 0 Å². The maximum absolute atomic E-state index is 14.7. The van der Waals surface area contributed by atoms with Gasteiger partial charge in [0.15, 0.2) is 0 Å². The minimum atomic E-state index is -0.807. The maximum atomic E-state index is 14.7. The van der Waals surface area contributed by atoms with Gasteiger partial charge in [-0.2, -0.15) is 5.26 Å². The van der Waals surface area contributed by atoms with Gasteiger partial charge in [0, 0.05) is 18.0 Å². The summed E-state index contributed by atoms with van der Waals surface area (Å²) in [7, 11) is 0. The SMILES string of the molecule is CC1CC2CC1C(C(=O)N[C@H](C#N)Cc1ccc(-c3ccc(C(N)=O)cc3)cc1F)N2. The predicted octanol–water partition coefficient (Wildman–Crippen LogP) is 2.53. The van der Waals surface area contributed by atoms with Crippen molar-refractivity contribution in [3.63, 3.8) is 0 Å². The van der Waals surface area contributed by atoms with Crippen molar-refractivity contribution in [3.8, 4) is 17.2 Å². The number of halogens is 1. The second-order valence-electron chi connectivity index (χ2n) is 8.60. The van der Waals surface area contributed by atoms with Crippen LogP contribution in [0.4, 0.5) is 4.39 Å². The van der Waals surface area contributed by atoms with Crippen molar-refractivity contribution >= 4 is 11.8 Å². The zero-order chi connectivity index (χ0) is 22.1. The predicted molar refractivity (Wildman–Crippen MR) is 114 cm³/mol. The molecule has 5 atom stereocenters. The Morgan fingerprint density at radius 1 is 1.23 bits per heavy atom. The molecule has 2 amide bonds. The quantitative estimate of drug-likeness (QED) is 0.667. The molecule has 2 fully saturated rings. The van der Waals surface area contributed by atoms with Crippen LogP contribution >= 0.6 is 0 Å². The number of fused-ring (bicyclic) bond motifs is 2. The molecule has 2 aliphatic rings. The van der Waals surface area contributed by atoms with E-state index in [0.717, 1.165) is 18.4 Å². The zero-order valence-electron chi connectivity index (χ0n) is 17.3. The van der Waals surface area contributed by atoms with E-state index in [0.29, 0.717) is 34.6 Å². The van der Waals surface area contributed by atoms with E-state index in [-0.39, 0.29) is 18.4 Å². The third-order valence-corrected chi connectivity index (χ3v) is 6.52. The Labute approximate surface area is 180 Å². The van der Waals surface area contributed by atoms with E-state index in [2.05, 4.69) is 23.6 Å². The average molecular weight is 420 g/mol. The van der Waals surface area contributed by atoms with Crippen molar-refractivity contribution in [1.29, 1.82) is 5.26 Å². The van der Waals surface area contributed by atoms with Crippen molar-refractivity contribution in [3.05, 3.63) is 59.4 Å². The fourth-order valence-corrected chi connectivity index (χ4v) is 4.86. The van der Waals surface area contributed by atoms with Gasteiger partial charge in [0.25, 0.3) is 0 Å². The number of amides is 2. The summed E-state index contributed by atoms with van der Waals surface area (Å²) >= 11 is 0. The smallest absolute Gasteiger partial charge is 0.248 e. The van der Waals surface area contributed by atoms with Crippen LogP contribution in [-0.2, 0) is 11.2 Å². The van der Waals surface area contributed by atoms with Crippen LogP contribution in [0.15, 0.2) is 42.5 Å². The van der Waals surface area contributed by atoms with Gasteiger partial charge in [-0.3, -0.25) is 9.59 Å². The molecule has 1 saturated carbocycles. The molecule has 1 saturated heterocycles. The van der Waals surface area contributed by atoms with E-state index < -0.39 is 17.8 Å². The first-order valence-corrected chi connectivity index (χ1v) is 10.5. The molecular formula is C24H25FN4O2. The second kappa shape index (κ2) is 8.48. The average Bonchev–Trinajstić information content (AvgIpc) is 3.34. The lowest BCUT2D eigenvalue weighted by Crippen LogP contribution is -2.52. The third-order valence-electron chi connectivity index (χ3n) is 6.52. The van der Waals surface area contributed by atoms with Crippen LogP contribution in [0.1, 0.15) is 35.7 Å². The Morgan fingerprint density at radius 2 is 1.94 bits per heavy atom. The van der Waals surface area contributed by atoms with Gasteiger partial charge in [-0.25, -0.2) is 4.39 Å². The van der Waals surface area contributed by atoms with Crippen molar-refractivity contribution < 1.29 is 14.0 Å². The molecule has 160 valence electrons. The van der Waals surface area contributed by atoms with Gasteiger partial charge in [0.05, 0.1) is 12.1 Å². The summed E-state index contributed by atoms with van der Waals surface area (Å²) in [6, 6.07) is 12.7. The summed E-state index contributed by atoms with van der Waals surface area (Å²) < 4.78 is 14.7. The highest BCUT2D eigenvalue weighted by Gasteiger charge is 2.47. The molecule has 6 nitrogen and oxygen atoms in total. The molecule has 4 N–H and O–H groups in total. The summed E-state index contributed by atoms with van der Waals surface area (Å²) in [5.41, 5.74) is 7.38. The largest absolute Gasteiger partial charge is 0.366 e. The van der Waals surface area contributed by atoms with Gasteiger partial charge in [0.2, 0.25) is 11.8 Å². The molecule has 1 heterocycles. The Hall–Kier alpha value is -3.24. The van der Waals surface area contributed by atoms with E-state index in [4.69, 9.17) is 5.73 Å². The lowest BCUT2D eigenvalue weighted by molar-refractivity contribution is -0.124. The number of carbonyl (C=O) groups is 2. The Balaban J connectivity index is 1.42. The van der Waals surface area contributed by atoms with Gasteiger partial charge in [0.1, 0.15) is 11.9 Å². The number of hydrogen-bond donors (Lipinski definition) is 3. The van der Waals surface area contributed by atoms with Crippen LogP contribution in [0.3, 0.4) is 0 Å². The maximum Gasteiger partial charge on any atom is 0.248 e. The van der Waals surface area contributed by atoms with Gasteiger partial charge in [-0.1, -0.05) is 31.2 Å². The monoisotopic (exact) mass is 420 g/mol. The van der Waals surface area contributed by atoms with Crippen molar-refractivity contribution in [2.75, 3.05) is 0 Å². The Bertz CT molecular complexity index is 1050. The van der Waals surface area contributed by atoms with Crippen molar-refractivity contribution in [2.45, 2.75) is 44.3 Å². The van der Waals surface area contributed by atoms with Crippen molar-refractivity contribution in [1.82, 2.24) is 10.6 Å². The number of nitrogens with zero attached hydrogens (tertiary/aromatic N) is 1. The second-order valence-corrected chi connectivity index (χ2v) is 8.60. The highest BCUT2D eigenvalue weighted by molar-refractivity contribution is 5.93. The van der Waals surface area contributed by atoms with E-state index in [1.54, 1.807) is 36.4 Å². The number of carbonyl (C=O) groups excluding carboxylic acids is 2. The van der Waals surface area contributed by atoms with Crippen molar-refractivity contribution in [2.24, 2.45) is 17.6 Å². The van der Waals surface area contributed by atoms with Gasteiger partial charge < -0.3 is 16.4 Å². The van der Waals surface area contributed by atoms with E-state index in [1.165, 1.54) is 6.07 Å². The first-order valence-electron chi connectivity index (χ1n) is 10.5. The molecule has 2 bridgehead atoms. The molecule has 1 aliphatic carbocycles. The molecule has 0 radical (unpaired) electrons. The van der Waals surface area contributed by atoms with Crippen LogP contribution < -0.4 is 16.4 Å². The normalized spacial score (nSPS) is 25.1. The number of primary amides is 1. The fraction of sp³-hybridized carbons (Fsp3) is 0.375. The fourth-order valence-electron chi connectivity index (χ4n) is 4.86. The zero-order valence-corrected chi connectivity index (χ0v) is 17.3. The first-order chi connectivity index (χ1) is 14.9. The molecule has 1 aliphatic heterocycles. The number of nitriles is 1. The molecule has 4 unspecified atom stereocenters. The number of nitrogens with two attached hydrogens (primary N) is 1. The number of piperidine rings is 1. The topological polar surface area (TPSA) is 108 Å². The lowest BCUT2D eigenvalue weighted by Gasteiger charge is -2.28. The Morgan fingerprint density at radius 3 is 2.52 bits per heavy atom. The van der Waals surface area contributed by atoms with Gasteiger partial charge in [-0.05, 0) is 59.6 Å². The Kier molecular flexibility index (Phi) is 5.75. The molecule has 31 heavy (non-hydrogen) atoms. The van der Waals surface area contributed by atoms with Crippen LogP contribution in [0.2, 0.25) is 0 Å². The molecule has 0 aromatic heterocycles. The van der Waals surface area contributed by atoms with E-state index in [9.17, 15) is 19.2 Å². The first kappa shape index (κ1) is 21.0. The number of nitrogens with one attached hydrogen (secondary N) is 2. The van der Waals surface area contributed by atoms with Crippen LogP contribution in [0.25, 0.3) is 11.1 Å². The van der Waals surface area contributed by atoms with Gasteiger partial charge in [-0.15, -0.1) is 0 Å². The summed E-state index contributed by atoms with van der Waals surface area (Å²) in [6.07, 6.45) is 2.16. The molecule has 0 spiro atoms. The third kappa shape index (κ3) is 4.30. The van der Waals surface area contributed by atoms with E-state index in [1.807, 2.05) is 0 Å². The minimum Gasteiger partial charge on any atom is -0.366 e. The van der Waals surface area contributed by atoms with Crippen LogP contribution in [0.5, 0.6) is 0 Å². The summed E-state index contributed by atoms with van der Waals surface area (Å²) in [5, 5.41) is 15.6. The number of rotatable bonds is 6. The lowest BCUT2D eigenvalue weighted by atomic mass is 9.89. The van der Waals surface area contributed by atoms with Crippen LogP contribution in [0, 0.1) is 29.0 Å². The van der Waals surface area contributed by atoms with Gasteiger partial charge >= 0.3 is 0 Å². The minimum absolute atomic E-state index is 0.0886. The highest BCUT2D eigenvalue weighted by Crippen LogP contribution is 2.40. The molecular weight excluding hydrogens is 395 g/mol. The summed E-state index contributed by atoms with van der Waals surface area (Å²) in [4.78, 5) is 23.9. The summed E-state index contributed by atoms with van der Waals surface area (Å²) in [5.74, 6) is -0.367. The molecule has 7 heteroatoms. The standard InChI is InChI=1S/C24H25FN4O2/c1-13-8-18-11-20(13)22(28-18)24(31)29-19(12-26)9-17-7-6-16(10-21(17)25)14-2-4-15(5-3-14)23(27)30/h2-7,10,13,18-20,22,28H,8-9,11H2,1H3,(H2,27,30)(H,29,31)/t13?,18?,19-,20?,22?/m0/s1. The highest BCUT2D eigenvalue weighted by atomic mass is 19.1. The number of benzene rings is 2. The number of hydrogen-bond acceptors (Lipinski definition) is 4.